The zero-order valence-electron chi connectivity index (χ0n) is 16.1. The number of halogens is 2. The average molecular weight is 489 g/mol. The number of nitrogens with one attached hydrogen (secondary N) is 1. The Morgan fingerprint density at radius 3 is 2.34 bits per heavy atom. The molecule has 32 heavy (non-hydrogen) atoms. The van der Waals surface area contributed by atoms with E-state index in [1.54, 1.807) is 12.1 Å². The highest BCUT2D eigenvalue weighted by molar-refractivity contribution is 7.87. The third-order valence-corrected chi connectivity index (χ3v) is 5.79. The minimum absolute atomic E-state index is 0.00836. The fraction of sp³-hybridized carbons (Fsp3) is 0. The lowest BCUT2D eigenvalue weighted by Gasteiger charge is -2.12. The minimum atomic E-state index is -4.25. The smallest absolute Gasteiger partial charge is 0.339 e. The van der Waals surface area contributed by atoms with Gasteiger partial charge < -0.3 is 14.6 Å². The number of phenolic OH excluding ortho intramolecular Hbond substituents is 1. The second-order valence-electron chi connectivity index (χ2n) is 6.33. The Morgan fingerprint density at radius 2 is 1.72 bits per heavy atom. The van der Waals surface area contributed by atoms with Crippen LogP contribution in [0.4, 0.5) is 5.69 Å². The summed E-state index contributed by atoms with van der Waals surface area (Å²) >= 11 is 12.2. The number of carbonyl (C=O) groups is 1. The monoisotopic (exact) mass is 488 g/mol. The van der Waals surface area contributed by atoms with Gasteiger partial charge in [0.2, 0.25) is 0 Å². The highest BCUT2D eigenvalue weighted by Gasteiger charge is 2.22. The first-order valence-corrected chi connectivity index (χ1v) is 11.1. The average Bonchev–Trinajstić information content (AvgIpc) is 2.76. The topological polar surface area (TPSA) is 116 Å². The third kappa shape index (κ3) is 5.59. The lowest BCUT2D eigenvalue weighted by atomic mass is 10.1. The summed E-state index contributed by atoms with van der Waals surface area (Å²) in [4.78, 5) is 12.4. The molecule has 0 aliphatic rings. The van der Waals surface area contributed by atoms with Gasteiger partial charge in [-0.1, -0.05) is 41.4 Å². The maximum atomic E-state index is 12.6. The summed E-state index contributed by atoms with van der Waals surface area (Å²) in [7, 11) is -4.25. The summed E-state index contributed by atoms with van der Waals surface area (Å²) < 4.78 is 30.5. The van der Waals surface area contributed by atoms with E-state index in [0.29, 0.717) is 5.69 Å². The Hall–Kier alpha value is -3.51. The van der Waals surface area contributed by atoms with Gasteiger partial charge in [0.15, 0.2) is 5.75 Å². The van der Waals surface area contributed by atoms with Gasteiger partial charge in [-0.25, -0.2) is 0 Å². The zero-order chi connectivity index (χ0) is 23.3. The van der Waals surface area contributed by atoms with Gasteiger partial charge >= 0.3 is 10.1 Å². The molecule has 1 amide bonds. The number of rotatable bonds is 6. The lowest BCUT2D eigenvalue weighted by Crippen LogP contribution is -2.14. The number of aromatic hydroxyl groups is 1. The molecule has 10 heteroatoms. The summed E-state index contributed by atoms with van der Waals surface area (Å²) in [5.74, 6) is -1.05. The molecule has 0 fully saturated rings. The van der Waals surface area contributed by atoms with Gasteiger partial charge in [0.1, 0.15) is 22.3 Å². The molecule has 2 N–H and O–H groups in total. The maximum absolute atomic E-state index is 12.6. The van der Waals surface area contributed by atoms with Gasteiger partial charge in [-0.15, -0.1) is 0 Å². The first-order chi connectivity index (χ1) is 15.2. The van der Waals surface area contributed by atoms with Crippen LogP contribution in [0.1, 0.15) is 5.56 Å². The number of benzene rings is 3. The van der Waals surface area contributed by atoms with E-state index in [-0.39, 0.29) is 37.6 Å². The molecule has 3 rings (SSSR count). The Morgan fingerprint density at radius 1 is 1.06 bits per heavy atom. The predicted octanol–water partition coefficient (Wildman–Crippen LogP) is 5.01. The Kier molecular flexibility index (Phi) is 7.05. The maximum Gasteiger partial charge on any atom is 0.339 e. The highest BCUT2D eigenvalue weighted by Crippen LogP contribution is 2.36. The molecule has 0 unspecified atom stereocenters. The van der Waals surface area contributed by atoms with Gasteiger partial charge in [0, 0.05) is 16.3 Å². The summed E-state index contributed by atoms with van der Waals surface area (Å²) in [6, 6.07) is 17.4. The number of nitriles is 1. The van der Waals surface area contributed by atoms with E-state index in [9.17, 15) is 23.6 Å². The molecule has 0 heterocycles. The molecule has 162 valence electrons. The molecule has 3 aromatic carbocycles. The minimum Gasteiger partial charge on any atom is -0.508 e. The van der Waals surface area contributed by atoms with Crippen LogP contribution in [0.5, 0.6) is 11.5 Å². The molecule has 0 bridgehead atoms. The fourth-order valence-electron chi connectivity index (χ4n) is 2.57. The number of carbonyl (C=O) groups excluding carboxylic acids is 1. The zero-order valence-corrected chi connectivity index (χ0v) is 18.4. The predicted molar refractivity (Wildman–Crippen MR) is 121 cm³/mol. The molecule has 0 saturated heterocycles. The van der Waals surface area contributed by atoms with Crippen molar-refractivity contribution < 1.29 is 22.5 Å². The van der Waals surface area contributed by atoms with Crippen molar-refractivity contribution in [1.29, 1.82) is 5.26 Å². The molecule has 0 saturated carbocycles. The normalized spacial score (nSPS) is 11.5. The quantitative estimate of drug-likeness (QED) is 0.218. The number of hydrogen-bond donors (Lipinski definition) is 2. The first kappa shape index (κ1) is 23.2. The van der Waals surface area contributed by atoms with Gasteiger partial charge in [-0.05, 0) is 54.6 Å². The summed E-state index contributed by atoms with van der Waals surface area (Å²) in [6.07, 6.45) is 1.11. The van der Waals surface area contributed by atoms with Crippen molar-refractivity contribution in [3.05, 3.63) is 87.9 Å². The molecule has 0 radical (unpaired) electrons. The van der Waals surface area contributed by atoms with Crippen LogP contribution in [-0.2, 0) is 14.9 Å². The summed E-state index contributed by atoms with van der Waals surface area (Å²) in [5.41, 5.74) is -0.0148. The van der Waals surface area contributed by atoms with Crippen LogP contribution < -0.4 is 9.50 Å². The fourth-order valence-corrected chi connectivity index (χ4v) is 4.15. The van der Waals surface area contributed by atoms with E-state index in [1.807, 2.05) is 0 Å². The van der Waals surface area contributed by atoms with Crippen molar-refractivity contribution in [2.24, 2.45) is 0 Å². The van der Waals surface area contributed by atoms with Gasteiger partial charge in [0.25, 0.3) is 5.91 Å². The van der Waals surface area contributed by atoms with Crippen molar-refractivity contribution in [2.45, 2.75) is 4.90 Å². The van der Waals surface area contributed by atoms with E-state index in [4.69, 9.17) is 27.4 Å². The molecule has 7 nitrogen and oxygen atoms in total. The van der Waals surface area contributed by atoms with Crippen LogP contribution in [0.3, 0.4) is 0 Å². The van der Waals surface area contributed by atoms with Gasteiger partial charge in [0.05, 0.1) is 5.02 Å². The van der Waals surface area contributed by atoms with E-state index in [0.717, 1.165) is 6.08 Å². The van der Waals surface area contributed by atoms with E-state index in [2.05, 4.69) is 5.32 Å². The highest BCUT2D eigenvalue weighted by atomic mass is 35.5. The van der Waals surface area contributed by atoms with Crippen LogP contribution in [0.25, 0.3) is 6.08 Å². The Bertz CT molecular complexity index is 1330. The van der Waals surface area contributed by atoms with Crippen LogP contribution >= 0.6 is 23.2 Å². The number of phenols is 1. The second-order valence-corrected chi connectivity index (χ2v) is 8.72. The molecule has 0 spiro atoms. The number of anilines is 1. The van der Waals surface area contributed by atoms with Crippen LogP contribution in [0.15, 0.2) is 77.2 Å². The van der Waals surface area contributed by atoms with Crippen molar-refractivity contribution >= 4 is 51.0 Å². The summed E-state index contributed by atoms with van der Waals surface area (Å²) in [5, 5.41) is 21.3. The van der Waals surface area contributed by atoms with Gasteiger partial charge in [-0.3, -0.25) is 4.79 Å². The van der Waals surface area contributed by atoms with Crippen LogP contribution in [0, 0.1) is 11.3 Å². The largest absolute Gasteiger partial charge is 0.508 e. The molecule has 3 aromatic rings. The van der Waals surface area contributed by atoms with E-state index < -0.39 is 16.0 Å². The second kappa shape index (κ2) is 9.75. The first-order valence-electron chi connectivity index (χ1n) is 8.90. The van der Waals surface area contributed by atoms with E-state index in [1.165, 1.54) is 60.7 Å². The molecule has 0 aliphatic carbocycles. The van der Waals surface area contributed by atoms with E-state index >= 15 is 0 Å². The lowest BCUT2D eigenvalue weighted by molar-refractivity contribution is -0.112. The van der Waals surface area contributed by atoms with Crippen molar-refractivity contribution in [2.75, 3.05) is 5.32 Å². The molecular weight excluding hydrogens is 475 g/mol. The van der Waals surface area contributed by atoms with Crippen LogP contribution in [0.2, 0.25) is 10.0 Å². The van der Waals surface area contributed by atoms with Crippen molar-refractivity contribution in [3.63, 3.8) is 0 Å². The Labute approximate surface area is 194 Å². The SMILES string of the molecule is N#C/C(=C\c1cc(Cl)cc(Cl)c1OS(=O)(=O)c1ccccc1)C(=O)Nc1ccc(O)cc1. The van der Waals surface area contributed by atoms with Crippen molar-refractivity contribution in [3.8, 4) is 17.6 Å². The van der Waals surface area contributed by atoms with Gasteiger partial charge in [-0.2, -0.15) is 13.7 Å². The standard InChI is InChI=1S/C22H14Cl2N2O5S/c23-16-11-14(10-15(13-25)22(28)26-17-6-8-18(27)9-7-17)21(20(24)12-16)31-32(29,30)19-4-2-1-3-5-19/h1-12,27H,(H,26,28)/b15-10+. The number of hydrogen-bond acceptors (Lipinski definition) is 6. The molecule has 0 atom stereocenters. The number of amides is 1. The third-order valence-electron chi connectivity index (χ3n) is 4.05. The number of nitrogens with zero attached hydrogens (tertiary/aromatic N) is 1. The van der Waals surface area contributed by atoms with Crippen LogP contribution in [-0.4, -0.2) is 19.4 Å². The van der Waals surface area contributed by atoms with Crippen molar-refractivity contribution in [1.82, 2.24) is 0 Å². The molecule has 0 aromatic heterocycles. The summed E-state index contributed by atoms with van der Waals surface area (Å²) in [6.45, 7) is 0. The Balaban J connectivity index is 1.99. The molecular formula is C22H14Cl2N2O5S. The molecule has 0 aliphatic heterocycles.